The number of aromatic hydroxyl groups is 1. The number of methoxy groups -OCH3 is 1. The third kappa shape index (κ3) is 3.12. The van der Waals surface area contributed by atoms with Gasteiger partial charge in [-0.2, -0.15) is 0 Å². The zero-order chi connectivity index (χ0) is 12.3. The van der Waals surface area contributed by atoms with E-state index in [-0.39, 0.29) is 11.3 Å². The van der Waals surface area contributed by atoms with Crippen LogP contribution in [0.2, 0.25) is 0 Å². The Kier molecular flexibility index (Phi) is 4.21. The molecule has 0 radical (unpaired) electrons. The first kappa shape index (κ1) is 13.3. The van der Waals surface area contributed by atoms with Gasteiger partial charge in [-0.15, -0.1) is 0 Å². The van der Waals surface area contributed by atoms with Crippen LogP contribution in [0.15, 0.2) is 16.6 Å². The summed E-state index contributed by atoms with van der Waals surface area (Å²) in [5.74, 6) is 0.643. The minimum atomic E-state index is 0.0153. The van der Waals surface area contributed by atoms with Crippen molar-refractivity contribution in [3.05, 3.63) is 22.2 Å². The summed E-state index contributed by atoms with van der Waals surface area (Å²) in [6.07, 6.45) is 0.860. The molecule has 0 aliphatic rings. The van der Waals surface area contributed by atoms with E-state index < -0.39 is 0 Å². The molecule has 0 aromatic heterocycles. The van der Waals surface area contributed by atoms with Gasteiger partial charge in [0.2, 0.25) is 0 Å². The number of nitrogens with one attached hydrogen (secondary N) is 1. The Morgan fingerprint density at radius 2 is 2.06 bits per heavy atom. The number of phenolic OH excluding ortho intramolecular Hbond substituents is 1. The Labute approximate surface area is 105 Å². The summed E-state index contributed by atoms with van der Waals surface area (Å²) in [6.45, 7) is 4.25. The second kappa shape index (κ2) is 5.06. The van der Waals surface area contributed by atoms with Crippen LogP contribution >= 0.6 is 15.9 Å². The van der Waals surface area contributed by atoms with Crippen molar-refractivity contribution in [2.75, 3.05) is 14.2 Å². The van der Waals surface area contributed by atoms with E-state index in [1.807, 2.05) is 19.2 Å². The van der Waals surface area contributed by atoms with Crippen LogP contribution in [0.5, 0.6) is 11.5 Å². The van der Waals surface area contributed by atoms with Crippen molar-refractivity contribution in [1.82, 2.24) is 5.32 Å². The molecule has 0 spiro atoms. The van der Waals surface area contributed by atoms with Gasteiger partial charge in [-0.3, -0.25) is 0 Å². The molecule has 16 heavy (non-hydrogen) atoms. The van der Waals surface area contributed by atoms with Gasteiger partial charge in [0.05, 0.1) is 11.6 Å². The Morgan fingerprint density at radius 1 is 1.44 bits per heavy atom. The molecule has 0 aliphatic heterocycles. The molecule has 0 atom stereocenters. The number of phenols is 1. The quantitative estimate of drug-likeness (QED) is 0.895. The van der Waals surface area contributed by atoms with E-state index in [2.05, 4.69) is 35.1 Å². The summed E-state index contributed by atoms with van der Waals surface area (Å²) >= 11 is 3.32. The SMILES string of the molecule is CNC(C)(C)Cc1cc(Br)c(O)c(OC)c1. The summed E-state index contributed by atoms with van der Waals surface area (Å²) in [5.41, 5.74) is 1.13. The van der Waals surface area contributed by atoms with Gasteiger partial charge in [0.15, 0.2) is 11.5 Å². The Bertz CT molecular complexity index is 378. The average Bonchev–Trinajstić information content (AvgIpc) is 2.22. The molecule has 0 aliphatic carbocycles. The number of likely N-dealkylation sites (N-methyl/N-ethyl adjacent to an activating group) is 1. The van der Waals surface area contributed by atoms with E-state index in [0.717, 1.165) is 12.0 Å². The van der Waals surface area contributed by atoms with E-state index in [4.69, 9.17) is 4.74 Å². The second-order valence-electron chi connectivity index (χ2n) is 4.44. The van der Waals surface area contributed by atoms with Crippen molar-refractivity contribution in [3.63, 3.8) is 0 Å². The zero-order valence-corrected chi connectivity index (χ0v) is 11.7. The molecule has 0 amide bonds. The Morgan fingerprint density at radius 3 is 2.56 bits per heavy atom. The maximum Gasteiger partial charge on any atom is 0.172 e. The smallest absolute Gasteiger partial charge is 0.172 e. The van der Waals surface area contributed by atoms with Gasteiger partial charge < -0.3 is 15.2 Å². The Hall–Kier alpha value is -0.740. The molecule has 0 unspecified atom stereocenters. The van der Waals surface area contributed by atoms with Crippen molar-refractivity contribution >= 4 is 15.9 Å². The summed E-state index contributed by atoms with van der Waals surface area (Å²) in [7, 11) is 3.49. The van der Waals surface area contributed by atoms with E-state index in [1.165, 1.54) is 0 Å². The minimum Gasteiger partial charge on any atom is -0.503 e. The standard InChI is InChI=1S/C12H18BrNO2/c1-12(2,14-3)7-8-5-9(13)11(15)10(6-8)16-4/h5-6,14-15H,7H2,1-4H3. The van der Waals surface area contributed by atoms with Gasteiger partial charge in [-0.25, -0.2) is 0 Å². The fourth-order valence-corrected chi connectivity index (χ4v) is 1.97. The Balaban J connectivity index is 3.03. The highest BCUT2D eigenvalue weighted by Gasteiger charge is 2.17. The molecule has 1 aromatic rings. The molecule has 4 heteroatoms. The largest absolute Gasteiger partial charge is 0.503 e. The van der Waals surface area contributed by atoms with Crippen molar-refractivity contribution in [1.29, 1.82) is 0 Å². The number of halogens is 1. The van der Waals surface area contributed by atoms with E-state index >= 15 is 0 Å². The summed E-state index contributed by atoms with van der Waals surface area (Å²) in [4.78, 5) is 0. The van der Waals surface area contributed by atoms with Crippen molar-refractivity contribution in [2.45, 2.75) is 25.8 Å². The highest BCUT2D eigenvalue weighted by atomic mass is 79.9. The van der Waals surface area contributed by atoms with E-state index in [9.17, 15) is 5.11 Å². The van der Waals surface area contributed by atoms with Crippen molar-refractivity contribution in [2.24, 2.45) is 0 Å². The van der Waals surface area contributed by atoms with Crippen LogP contribution in [-0.4, -0.2) is 24.8 Å². The van der Waals surface area contributed by atoms with Gasteiger partial charge >= 0.3 is 0 Å². The third-order valence-electron chi connectivity index (χ3n) is 2.63. The third-order valence-corrected chi connectivity index (χ3v) is 3.24. The van der Waals surface area contributed by atoms with Crippen LogP contribution in [0.4, 0.5) is 0 Å². The minimum absolute atomic E-state index is 0.0153. The first-order valence-corrected chi connectivity index (χ1v) is 5.93. The molecule has 2 N–H and O–H groups in total. The van der Waals surface area contributed by atoms with Gasteiger partial charge in [0, 0.05) is 5.54 Å². The van der Waals surface area contributed by atoms with E-state index in [0.29, 0.717) is 10.2 Å². The molecule has 0 saturated carbocycles. The average molecular weight is 288 g/mol. The van der Waals surface area contributed by atoms with Crippen LogP contribution in [-0.2, 0) is 6.42 Å². The lowest BCUT2D eigenvalue weighted by molar-refractivity contribution is 0.369. The fourth-order valence-electron chi connectivity index (χ4n) is 1.48. The lowest BCUT2D eigenvalue weighted by Gasteiger charge is -2.24. The van der Waals surface area contributed by atoms with Gasteiger partial charge in [0.25, 0.3) is 0 Å². The second-order valence-corrected chi connectivity index (χ2v) is 5.29. The molecule has 0 fully saturated rings. The molecular formula is C12H18BrNO2. The predicted octanol–water partition coefficient (Wildman–Crippen LogP) is 2.70. The van der Waals surface area contributed by atoms with Crippen LogP contribution in [0.3, 0.4) is 0 Å². The van der Waals surface area contributed by atoms with Crippen LogP contribution in [0.1, 0.15) is 19.4 Å². The summed E-state index contributed by atoms with van der Waals surface area (Å²) < 4.78 is 5.78. The van der Waals surface area contributed by atoms with Crippen LogP contribution in [0, 0.1) is 0 Å². The first-order chi connectivity index (χ1) is 7.39. The highest BCUT2D eigenvalue weighted by Crippen LogP contribution is 2.35. The number of rotatable bonds is 4. The number of hydrogen-bond acceptors (Lipinski definition) is 3. The van der Waals surface area contributed by atoms with Gasteiger partial charge in [-0.05, 0) is 60.9 Å². The highest BCUT2D eigenvalue weighted by molar-refractivity contribution is 9.10. The number of benzene rings is 1. The normalized spacial score (nSPS) is 11.6. The van der Waals surface area contributed by atoms with Crippen molar-refractivity contribution in [3.8, 4) is 11.5 Å². The lowest BCUT2D eigenvalue weighted by atomic mass is 9.95. The van der Waals surface area contributed by atoms with Gasteiger partial charge in [-0.1, -0.05) is 0 Å². The molecule has 0 saturated heterocycles. The fraction of sp³-hybridized carbons (Fsp3) is 0.500. The van der Waals surface area contributed by atoms with Crippen molar-refractivity contribution < 1.29 is 9.84 Å². The maximum absolute atomic E-state index is 9.69. The van der Waals surface area contributed by atoms with E-state index in [1.54, 1.807) is 7.11 Å². The molecule has 90 valence electrons. The maximum atomic E-state index is 9.69. The molecular weight excluding hydrogens is 270 g/mol. The lowest BCUT2D eigenvalue weighted by Crippen LogP contribution is -2.38. The first-order valence-electron chi connectivity index (χ1n) is 5.14. The predicted molar refractivity (Wildman–Crippen MR) is 69.2 cm³/mol. The molecule has 3 nitrogen and oxygen atoms in total. The number of ether oxygens (including phenoxy) is 1. The molecule has 1 rings (SSSR count). The molecule has 1 aromatic carbocycles. The van der Waals surface area contributed by atoms with Gasteiger partial charge in [0.1, 0.15) is 0 Å². The topological polar surface area (TPSA) is 41.5 Å². The summed E-state index contributed by atoms with van der Waals surface area (Å²) in [6, 6.07) is 3.77. The van der Waals surface area contributed by atoms with Crippen LogP contribution in [0.25, 0.3) is 0 Å². The molecule has 0 bridgehead atoms. The monoisotopic (exact) mass is 287 g/mol. The number of hydrogen-bond donors (Lipinski definition) is 2. The van der Waals surface area contributed by atoms with Crippen LogP contribution < -0.4 is 10.1 Å². The molecule has 0 heterocycles. The summed E-state index contributed by atoms with van der Waals surface area (Å²) in [5, 5.41) is 12.9. The zero-order valence-electron chi connectivity index (χ0n) is 10.1.